The second-order valence-electron chi connectivity index (χ2n) is 5.34. The lowest BCUT2D eigenvalue weighted by Gasteiger charge is -2.29. The van der Waals surface area contributed by atoms with Crippen LogP contribution < -0.4 is 10.2 Å². The number of aryl methyl sites for hydroxylation is 2. The molecule has 5 nitrogen and oxygen atoms in total. The number of nitrogens with zero attached hydrogens (tertiary/aromatic N) is 1. The van der Waals surface area contributed by atoms with Crippen LogP contribution in [0.15, 0.2) is 44.8 Å². The normalized spacial score (nSPS) is 16.7. The van der Waals surface area contributed by atoms with Crippen LogP contribution in [0.25, 0.3) is 6.08 Å². The predicted molar refractivity (Wildman–Crippen MR) is 98.5 cm³/mol. The van der Waals surface area contributed by atoms with Gasteiger partial charge in [0.25, 0.3) is 11.8 Å². The van der Waals surface area contributed by atoms with E-state index >= 15 is 0 Å². The van der Waals surface area contributed by atoms with Gasteiger partial charge in [-0.1, -0.05) is 15.9 Å². The van der Waals surface area contributed by atoms with Crippen molar-refractivity contribution < 1.29 is 14.0 Å². The van der Waals surface area contributed by atoms with Crippen molar-refractivity contribution in [3.63, 3.8) is 0 Å². The fraction of sp³-hybridized carbons (Fsp3) is 0.118. The summed E-state index contributed by atoms with van der Waals surface area (Å²) in [4.78, 5) is 26.3. The number of thiocarbonyl (C=S) groups is 1. The topological polar surface area (TPSA) is 62.6 Å². The van der Waals surface area contributed by atoms with E-state index in [0.717, 1.165) is 10.0 Å². The van der Waals surface area contributed by atoms with Crippen LogP contribution in [-0.4, -0.2) is 16.9 Å². The molecule has 122 valence electrons. The zero-order valence-electron chi connectivity index (χ0n) is 12.9. The summed E-state index contributed by atoms with van der Waals surface area (Å²) < 4.78 is 6.32. The molecule has 0 saturated carbocycles. The average Bonchev–Trinajstić information content (AvgIpc) is 2.91. The Morgan fingerprint density at radius 1 is 1.21 bits per heavy atom. The standard InChI is InChI=1S/C17H13BrN2O3S/c1-9-7-11(18)4-6-14(9)20-16(22)13(15(21)19-17(20)24)8-12-5-3-10(2)23-12/h3-8H,1-2H3,(H,19,21,24). The highest BCUT2D eigenvalue weighted by molar-refractivity contribution is 9.10. The highest BCUT2D eigenvalue weighted by atomic mass is 79.9. The quantitative estimate of drug-likeness (QED) is 0.472. The van der Waals surface area contributed by atoms with Gasteiger partial charge in [-0.25, -0.2) is 0 Å². The summed E-state index contributed by atoms with van der Waals surface area (Å²) >= 11 is 8.58. The number of hydrogen-bond donors (Lipinski definition) is 1. The largest absolute Gasteiger partial charge is 0.462 e. The van der Waals surface area contributed by atoms with Crippen LogP contribution in [0.4, 0.5) is 5.69 Å². The lowest BCUT2D eigenvalue weighted by Crippen LogP contribution is -2.54. The highest BCUT2D eigenvalue weighted by Crippen LogP contribution is 2.27. The molecule has 2 amide bonds. The van der Waals surface area contributed by atoms with Gasteiger partial charge in [0.05, 0.1) is 5.69 Å². The molecule has 1 aliphatic rings. The van der Waals surface area contributed by atoms with E-state index in [4.69, 9.17) is 16.6 Å². The van der Waals surface area contributed by atoms with Crippen LogP contribution in [0, 0.1) is 13.8 Å². The highest BCUT2D eigenvalue weighted by Gasteiger charge is 2.35. The van der Waals surface area contributed by atoms with Gasteiger partial charge in [0.1, 0.15) is 17.1 Å². The molecular formula is C17H13BrN2O3S. The molecule has 2 aromatic rings. The summed E-state index contributed by atoms with van der Waals surface area (Å²) in [5.41, 5.74) is 1.44. The Bertz CT molecular complexity index is 901. The van der Waals surface area contributed by atoms with Gasteiger partial charge in [-0.2, -0.15) is 0 Å². The number of carbonyl (C=O) groups excluding carboxylic acids is 2. The van der Waals surface area contributed by atoms with Gasteiger partial charge < -0.3 is 4.42 Å². The van der Waals surface area contributed by atoms with Crippen molar-refractivity contribution in [2.24, 2.45) is 0 Å². The van der Waals surface area contributed by atoms with Gasteiger partial charge in [0, 0.05) is 4.47 Å². The molecule has 2 heterocycles. The first-order valence-electron chi connectivity index (χ1n) is 7.11. The van der Waals surface area contributed by atoms with Crippen molar-refractivity contribution >= 4 is 56.8 Å². The second-order valence-corrected chi connectivity index (χ2v) is 6.64. The van der Waals surface area contributed by atoms with Gasteiger partial charge in [-0.3, -0.25) is 19.8 Å². The van der Waals surface area contributed by atoms with Gasteiger partial charge in [-0.15, -0.1) is 0 Å². The number of halogens is 1. The zero-order valence-corrected chi connectivity index (χ0v) is 15.3. The maximum Gasteiger partial charge on any atom is 0.270 e. The molecular weight excluding hydrogens is 392 g/mol. The first-order chi connectivity index (χ1) is 11.4. The Labute approximate surface area is 152 Å². The SMILES string of the molecule is Cc1ccc(C=C2C(=O)NC(=S)N(c3ccc(Br)cc3C)C2=O)o1. The summed E-state index contributed by atoms with van der Waals surface area (Å²) in [6.45, 7) is 3.66. The van der Waals surface area contributed by atoms with E-state index in [1.54, 1.807) is 25.1 Å². The zero-order chi connectivity index (χ0) is 17.4. The molecule has 0 aliphatic carbocycles. The van der Waals surface area contributed by atoms with Gasteiger partial charge in [0.15, 0.2) is 5.11 Å². The first kappa shape index (κ1) is 16.6. The molecule has 1 N–H and O–H groups in total. The number of amides is 2. The number of carbonyl (C=O) groups is 2. The van der Waals surface area contributed by atoms with Crippen molar-refractivity contribution in [3.8, 4) is 0 Å². The lowest BCUT2D eigenvalue weighted by molar-refractivity contribution is -0.122. The molecule has 1 fully saturated rings. The molecule has 0 radical (unpaired) electrons. The third kappa shape index (κ3) is 3.05. The summed E-state index contributed by atoms with van der Waals surface area (Å²) in [7, 11) is 0. The molecule has 3 rings (SSSR count). The van der Waals surface area contributed by atoms with Crippen molar-refractivity contribution in [3.05, 3.63) is 57.5 Å². The molecule has 1 aromatic heterocycles. The van der Waals surface area contributed by atoms with Crippen molar-refractivity contribution in [1.29, 1.82) is 0 Å². The third-order valence-electron chi connectivity index (χ3n) is 3.55. The van der Waals surface area contributed by atoms with E-state index in [9.17, 15) is 9.59 Å². The van der Waals surface area contributed by atoms with Gasteiger partial charge in [-0.05, 0) is 68.0 Å². The summed E-state index contributed by atoms with van der Waals surface area (Å²) in [6.07, 6.45) is 1.42. The van der Waals surface area contributed by atoms with E-state index in [-0.39, 0.29) is 10.7 Å². The minimum absolute atomic E-state index is 0.0275. The van der Waals surface area contributed by atoms with Crippen LogP contribution in [0.2, 0.25) is 0 Å². The summed E-state index contributed by atoms with van der Waals surface area (Å²) in [6, 6.07) is 8.93. The number of rotatable bonds is 2. The van der Waals surface area contributed by atoms with Crippen LogP contribution in [0.1, 0.15) is 17.1 Å². The molecule has 24 heavy (non-hydrogen) atoms. The third-order valence-corrected chi connectivity index (χ3v) is 4.33. The van der Waals surface area contributed by atoms with Gasteiger partial charge in [0.2, 0.25) is 0 Å². The molecule has 1 saturated heterocycles. The Kier molecular flexibility index (Phi) is 4.38. The van der Waals surface area contributed by atoms with Crippen molar-refractivity contribution in [2.45, 2.75) is 13.8 Å². The predicted octanol–water partition coefficient (Wildman–Crippen LogP) is 3.49. The Morgan fingerprint density at radius 2 is 1.96 bits per heavy atom. The van der Waals surface area contributed by atoms with E-state index < -0.39 is 11.8 Å². The number of nitrogens with one attached hydrogen (secondary N) is 1. The summed E-state index contributed by atoms with van der Waals surface area (Å²) in [5.74, 6) is 0.112. The van der Waals surface area contributed by atoms with Gasteiger partial charge >= 0.3 is 0 Å². The van der Waals surface area contributed by atoms with E-state index in [2.05, 4.69) is 21.2 Å². The van der Waals surface area contributed by atoms with Crippen LogP contribution >= 0.6 is 28.1 Å². The molecule has 0 spiro atoms. The van der Waals surface area contributed by atoms with E-state index in [0.29, 0.717) is 17.2 Å². The van der Waals surface area contributed by atoms with Crippen molar-refractivity contribution in [1.82, 2.24) is 5.32 Å². The molecule has 1 aliphatic heterocycles. The van der Waals surface area contributed by atoms with E-state index in [1.807, 2.05) is 19.1 Å². The van der Waals surface area contributed by atoms with Crippen LogP contribution in [0.3, 0.4) is 0 Å². The average molecular weight is 405 g/mol. The fourth-order valence-electron chi connectivity index (χ4n) is 2.42. The molecule has 7 heteroatoms. The summed E-state index contributed by atoms with van der Waals surface area (Å²) in [5, 5.41) is 2.61. The maximum atomic E-state index is 12.9. The molecule has 0 bridgehead atoms. The molecule has 1 aromatic carbocycles. The lowest BCUT2D eigenvalue weighted by atomic mass is 10.1. The van der Waals surface area contributed by atoms with E-state index in [1.165, 1.54) is 11.0 Å². The maximum absolute atomic E-state index is 12.9. The second kappa shape index (κ2) is 6.33. The Hall–Kier alpha value is -2.25. The minimum Gasteiger partial charge on any atom is -0.462 e. The molecule has 0 unspecified atom stereocenters. The number of anilines is 1. The first-order valence-corrected chi connectivity index (χ1v) is 8.31. The molecule has 0 atom stereocenters. The Morgan fingerprint density at radius 3 is 2.58 bits per heavy atom. The Balaban J connectivity index is 2.04. The van der Waals surface area contributed by atoms with Crippen molar-refractivity contribution in [2.75, 3.05) is 4.90 Å². The van der Waals surface area contributed by atoms with Crippen LogP contribution in [-0.2, 0) is 9.59 Å². The number of benzene rings is 1. The van der Waals surface area contributed by atoms with Crippen LogP contribution in [0.5, 0.6) is 0 Å². The number of hydrogen-bond acceptors (Lipinski definition) is 4. The minimum atomic E-state index is -0.537. The number of furan rings is 1. The fourth-order valence-corrected chi connectivity index (χ4v) is 3.17. The smallest absolute Gasteiger partial charge is 0.270 e. The monoisotopic (exact) mass is 404 g/mol.